The molecule has 2 heterocycles. The van der Waals surface area contributed by atoms with Gasteiger partial charge < -0.3 is 5.32 Å². The first-order valence-electron chi connectivity index (χ1n) is 7.02. The molecule has 0 unspecified atom stereocenters. The molecule has 0 amide bonds. The number of hydrogen-bond acceptors (Lipinski definition) is 5. The van der Waals surface area contributed by atoms with Crippen LogP contribution in [0.1, 0.15) is 24.4 Å². The number of pyridine rings is 1. The molecule has 0 radical (unpaired) electrons. The fraction of sp³-hybridized carbons (Fsp3) is 0.200. The van der Waals surface area contributed by atoms with Crippen molar-refractivity contribution in [3.05, 3.63) is 69.9 Å². The van der Waals surface area contributed by atoms with Crippen LogP contribution >= 0.6 is 0 Å². The van der Waals surface area contributed by atoms with Crippen molar-refractivity contribution in [1.29, 1.82) is 0 Å². The molecule has 0 fully saturated rings. The Morgan fingerprint density at radius 3 is 2.91 bits per heavy atom. The molecule has 0 aliphatic heterocycles. The highest BCUT2D eigenvalue weighted by molar-refractivity contribution is 5.41. The van der Waals surface area contributed by atoms with Crippen LogP contribution < -0.4 is 5.32 Å². The van der Waals surface area contributed by atoms with Gasteiger partial charge in [-0.2, -0.15) is 0 Å². The van der Waals surface area contributed by atoms with Gasteiger partial charge in [-0.05, 0) is 25.1 Å². The number of nitrogens with zero attached hydrogens (tertiary/aromatic N) is 4. The van der Waals surface area contributed by atoms with Gasteiger partial charge in [0.25, 0.3) is 5.69 Å². The Labute approximate surface area is 130 Å². The standard InChI is InChI=1S/C15H14FN5O2/c1-10(15-19-18-14-7-2-3-8-20(14)15)17-9-11-12(16)5-4-6-13(11)21(22)23/h2-8,10,17H,9H2,1H3/t10-/m1/s1. The van der Waals surface area contributed by atoms with Gasteiger partial charge in [-0.3, -0.25) is 14.5 Å². The van der Waals surface area contributed by atoms with Crippen LogP contribution in [0.3, 0.4) is 0 Å². The molecule has 1 N–H and O–H groups in total. The minimum atomic E-state index is -0.606. The van der Waals surface area contributed by atoms with E-state index in [2.05, 4.69) is 15.5 Å². The lowest BCUT2D eigenvalue weighted by Crippen LogP contribution is -2.21. The van der Waals surface area contributed by atoms with Crippen LogP contribution in [0.5, 0.6) is 0 Å². The lowest BCUT2D eigenvalue weighted by Gasteiger charge is -2.12. The van der Waals surface area contributed by atoms with Crippen LogP contribution in [0.2, 0.25) is 0 Å². The maximum Gasteiger partial charge on any atom is 0.276 e. The molecule has 1 aromatic carbocycles. The van der Waals surface area contributed by atoms with Crippen molar-refractivity contribution >= 4 is 11.3 Å². The molecule has 118 valence electrons. The number of rotatable bonds is 5. The van der Waals surface area contributed by atoms with E-state index in [1.165, 1.54) is 18.2 Å². The summed E-state index contributed by atoms with van der Waals surface area (Å²) in [6, 6.07) is 9.10. The van der Waals surface area contributed by atoms with Crippen molar-refractivity contribution in [3.8, 4) is 0 Å². The quantitative estimate of drug-likeness (QED) is 0.578. The monoisotopic (exact) mass is 315 g/mol. The molecule has 0 aliphatic carbocycles. The maximum atomic E-state index is 13.9. The summed E-state index contributed by atoms with van der Waals surface area (Å²) in [6.07, 6.45) is 1.83. The molecular formula is C15H14FN5O2. The molecule has 0 spiro atoms. The maximum absolute atomic E-state index is 13.9. The first kappa shape index (κ1) is 15.0. The van der Waals surface area contributed by atoms with Crippen molar-refractivity contribution in [3.63, 3.8) is 0 Å². The third kappa shape index (κ3) is 2.88. The molecule has 7 nitrogen and oxygen atoms in total. The van der Waals surface area contributed by atoms with E-state index in [-0.39, 0.29) is 23.8 Å². The third-order valence-electron chi connectivity index (χ3n) is 3.60. The van der Waals surface area contributed by atoms with Gasteiger partial charge in [0, 0.05) is 18.8 Å². The van der Waals surface area contributed by atoms with Gasteiger partial charge in [-0.15, -0.1) is 10.2 Å². The Morgan fingerprint density at radius 1 is 1.30 bits per heavy atom. The van der Waals surface area contributed by atoms with E-state index in [0.29, 0.717) is 11.5 Å². The summed E-state index contributed by atoms with van der Waals surface area (Å²) >= 11 is 0. The number of nitro benzene ring substituents is 1. The summed E-state index contributed by atoms with van der Waals surface area (Å²) in [5.41, 5.74) is 0.488. The minimum Gasteiger partial charge on any atom is -0.303 e. The van der Waals surface area contributed by atoms with Gasteiger partial charge in [0.1, 0.15) is 5.82 Å². The molecule has 3 rings (SSSR count). The van der Waals surface area contributed by atoms with E-state index in [0.717, 1.165) is 0 Å². The number of aromatic nitrogens is 3. The fourth-order valence-electron chi connectivity index (χ4n) is 2.39. The number of nitrogens with one attached hydrogen (secondary N) is 1. The highest BCUT2D eigenvalue weighted by Gasteiger charge is 2.19. The summed E-state index contributed by atoms with van der Waals surface area (Å²) in [5.74, 6) is 0.0459. The summed E-state index contributed by atoms with van der Waals surface area (Å²) in [6.45, 7) is 1.86. The van der Waals surface area contributed by atoms with Crippen molar-refractivity contribution in [1.82, 2.24) is 19.9 Å². The average molecular weight is 315 g/mol. The lowest BCUT2D eigenvalue weighted by molar-refractivity contribution is -0.385. The van der Waals surface area contributed by atoms with E-state index in [4.69, 9.17) is 0 Å². The van der Waals surface area contributed by atoms with Crippen molar-refractivity contribution < 1.29 is 9.31 Å². The summed E-state index contributed by atoms with van der Waals surface area (Å²) in [5, 5.41) is 22.2. The third-order valence-corrected chi connectivity index (χ3v) is 3.60. The van der Waals surface area contributed by atoms with Gasteiger partial charge in [-0.25, -0.2) is 4.39 Å². The Kier molecular flexibility index (Phi) is 3.98. The zero-order chi connectivity index (χ0) is 16.4. The van der Waals surface area contributed by atoms with Crippen LogP contribution in [0.25, 0.3) is 5.65 Å². The molecule has 0 saturated carbocycles. The van der Waals surface area contributed by atoms with E-state index in [1.54, 1.807) is 0 Å². The van der Waals surface area contributed by atoms with E-state index in [1.807, 2.05) is 35.7 Å². The van der Waals surface area contributed by atoms with Crippen LogP contribution in [0.15, 0.2) is 42.6 Å². The normalized spacial score (nSPS) is 12.4. The largest absolute Gasteiger partial charge is 0.303 e. The average Bonchev–Trinajstić information content (AvgIpc) is 2.97. The first-order valence-corrected chi connectivity index (χ1v) is 7.02. The first-order chi connectivity index (χ1) is 11.1. The lowest BCUT2D eigenvalue weighted by atomic mass is 10.1. The molecule has 2 aromatic heterocycles. The summed E-state index contributed by atoms with van der Waals surface area (Å²) in [7, 11) is 0. The van der Waals surface area contributed by atoms with Crippen LogP contribution in [-0.2, 0) is 6.54 Å². The van der Waals surface area contributed by atoms with Crippen molar-refractivity contribution in [2.45, 2.75) is 19.5 Å². The molecule has 0 aliphatic rings. The van der Waals surface area contributed by atoms with Gasteiger partial charge in [-0.1, -0.05) is 12.1 Å². The topological polar surface area (TPSA) is 85.4 Å². The second-order valence-electron chi connectivity index (χ2n) is 5.08. The fourth-order valence-corrected chi connectivity index (χ4v) is 2.39. The second kappa shape index (κ2) is 6.09. The van der Waals surface area contributed by atoms with Gasteiger partial charge >= 0.3 is 0 Å². The summed E-state index contributed by atoms with van der Waals surface area (Å²) < 4.78 is 15.7. The van der Waals surface area contributed by atoms with Crippen LogP contribution in [-0.4, -0.2) is 19.5 Å². The van der Waals surface area contributed by atoms with Crippen molar-refractivity contribution in [2.75, 3.05) is 0 Å². The predicted octanol–water partition coefficient (Wildman–Crippen LogP) is 2.63. The van der Waals surface area contributed by atoms with Gasteiger partial charge in [0.15, 0.2) is 11.5 Å². The highest BCUT2D eigenvalue weighted by Crippen LogP contribution is 2.22. The number of halogens is 1. The number of fused-ring (bicyclic) bond motifs is 1. The molecular weight excluding hydrogens is 301 g/mol. The van der Waals surface area contributed by atoms with Crippen LogP contribution in [0.4, 0.5) is 10.1 Å². The second-order valence-corrected chi connectivity index (χ2v) is 5.08. The molecule has 8 heteroatoms. The van der Waals surface area contributed by atoms with E-state index in [9.17, 15) is 14.5 Å². The molecule has 23 heavy (non-hydrogen) atoms. The number of benzene rings is 1. The zero-order valence-corrected chi connectivity index (χ0v) is 12.3. The Bertz CT molecular complexity index is 864. The van der Waals surface area contributed by atoms with E-state index >= 15 is 0 Å². The highest BCUT2D eigenvalue weighted by atomic mass is 19.1. The number of hydrogen-bond donors (Lipinski definition) is 1. The Hall–Kier alpha value is -2.87. The molecule has 0 saturated heterocycles. The molecule has 3 aromatic rings. The Morgan fingerprint density at radius 2 is 2.13 bits per heavy atom. The van der Waals surface area contributed by atoms with Crippen molar-refractivity contribution in [2.24, 2.45) is 0 Å². The summed E-state index contributed by atoms with van der Waals surface area (Å²) in [4.78, 5) is 10.4. The smallest absolute Gasteiger partial charge is 0.276 e. The van der Waals surface area contributed by atoms with Gasteiger partial charge in [0.2, 0.25) is 0 Å². The SMILES string of the molecule is C[C@@H](NCc1c(F)cccc1[N+](=O)[O-])c1nnc2ccccn12. The van der Waals surface area contributed by atoms with Gasteiger partial charge in [0.05, 0.1) is 16.5 Å². The predicted molar refractivity (Wildman–Crippen MR) is 81.3 cm³/mol. The Balaban J connectivity index is 1.82. The zero-order valence-electron chi connectivity index (χ0n) is 12.3. The minimum absolute atomic E-state index is 0.0197. The van der Waals surface area contributed by atoms with E-state index < -0.39 is 10.7 Å². The number of nitro groups is 1. The molecule has 1 atom stereocenters. The van der Waals surface area contributed by atoms with Crippen LogP contribution in [0, 0.1) is 15.9 Å². The molecule has 0 bridgehead atoms.